The van der Waals surface area contributed by atoms with Crippen molar-refractivity contribution < 1.29 is 9.59 Å². The van der Waals surface area contributed by atoms with Gasteiger partial charge in [0, 0.05) is 32.7 Å². The minimum atomic E-state index is -0.920. The van der Waals surface area contributed by atoms with Crippen LogP contribution in [-0.4, -0.2) is 65.2 Å². The molecule has 0 spiro atoms. The number of hydrogen-bond acceptors (Lipinski definition) is 3. The topological polar surface area (TPSA) is 52.7 Å². The maximum absolute atomic E-state index is 12.5. The van der Waals surface area contributed by atoms with E-state index in [1.165, 1.54) is 0 Å². The Morgan fingerprint density at radius 3 is 2.43 bits per heavy atom. The van der Waals surface area contributed by atoms with E-state index in [4.69, 9.17) is 23.2 Å². The van der Waals surface area contributed by atoms with Crippen LogP contribution in [-0.2, 0) is 9.59 Å². The molecule has 120 valence electrons. The van der Waals surface area contributed by atoms with E-state index in [-0.39, 0.29) is 11.8 Å². The molecular formula is C14H23Cl2N3O2. The summed E-state index contributed by atoms with van der Waals surface area (Å²) in [5, 5.41) is 2.80. The molecule has 1 atom stereocenters. The van der Waals surface area contributed by atoms with E-state index in [0.29, 0.717) is 39.1 Å². The molecule has 2 fully saturated rings. The van der Waals surface area contributed by atoms with E-state index < -0.39 is 9.75 Å². The van der Waals surface area contributed by atoms with Gasteiger partial charge in [-0.05, 0) is 26.7 Å². The van der Waals surface area contributed by atoms with Crippen LogP contribution in [0.2, 0.25) is 0 Å². The van der Waals surface area contributed by atoms with Crippen molar-refractivity contribution in [1.82, 2.24) is 15.1 Å². The maximum Gasteiger partial charge on any atom is 0.234 e. The van der Waals surface area contributed by atoms with Crippen LogP contribution in [0.25, 0.3) is 0 Å². The van der Waals surface area contributed by atoms with Gasteiger partial charge in [-0.1, -0.05) is 0 Å². The molecule has 2 aliphatic rings. The number of carbonyl (C=O) groups excluding carboxylic acids is 2. The number of amides is 2. The first kappa shape index (κ1) is 16.8. The molecule has 0 aromatic carbocycles. The number of likely N-dealkylation sites (N-methyl/N-ethyl adjacent to an activating group) is 1. The SMILES string of the molecule is CCNC(=O)CN1CCCN(C(=O)[C@@]2(C)CC2(Cl)Cl)CC1. The normalized spacial score (nSPS) is 28.9. The number of alkyl halides is 2. The van der Waals surface area contributed by atoms with Crippen LogP contribution in [0.4, 0.5) is 0 Å². The third kappa shape index (κ3) is 3.63. The third-order valence-electron chi connectivity index (χ3n) is 4.35. The predicted molar refractivity (Wildman–Crippen MR) is 83.5 cm³/mol. The highest BCUT2D eigenvalue weighted by atomic mass is 35.5. The zero-order chi connectivity index (χ0) is 15.7. The molecule has 2 amide bonds. The average molecular weight is 336 g/mol. The third-order valence-corrected chi connectivity index (χ3v) is 5.45. The van der Waals surface area contributed by atoms with Gasteiger partial charge in [0.1, 0.15) is 4.33 Å². The highest BCUT2D eigenvalue weighted by Gasteiger charge is 2.68. The standard InChI is InChI=1S/C14H23Cl2N3O2/c1-3-17-11(20)9-18-5-4-6-19(8-7-18)12(21)13(2)10-14(13,15)16/h3-10H2,1-2H3,(H,17,20)/t13-/m1/s1. The summed E-state index contributed by atoms with van der Waals surface area (Å²) in [7, 11) is 0. The Kier molecular flexibility index (Phi) is 5.06. The lowest BCUT2D eigenvalue weighted by Gasteiger charge is -2.25. The Labute approximate surface area is 135 Å². The summed E-state index contributed by atoms with van der Waals surface area (Å²) >= 11 is 12.2. The quantitative estimate of drug-likeness (QED) is 0.786. The van der Waals surface area contributed by atoms with Gasteiger partial charge in [0.15, 0.2) is 0 Å². The molecule has 1 saturated heterocycles. The fourth-order valence-electron chi connectivity index (χ4n) is 2.77. The van der Waals surface area contributed by atoms with Crippen molar-refractivity contribution in [1.29, 1.82) is 0 Å². The summed E-state index contributed by atoms with van der Waals surface area (Å²) < 4.78 is -0.920. The van der Waals surface area contributed by atoms with Crippen molar-refractivity contribution in [3.8, 4) is 0 Å². The molecule has 0 radical (unpaired) electrons. The van der Waals surface area contributed by atoms with Gasteiger partial charge in [0.25, 0.3) is 0 Å². The van der Waals surface area contributed by atoms with Gasteiger partial charge < -0.3 is 10.2 Å². The molecule has 1 heterocycles. The summed E-state index contributed by atoms with van der Waals surface area (Å²) in [6, 6.07) is 0. The molecule has 5 nitrogen and oxygen atoms in total. The Bertz CT molecular complexity index is 430. The highest BCUT2D eigenvalue weighted by Crippen LogP contribution is 2.64. The van der Waals surface area contributed by atoms with Gasteiger partial charge in [-0.2, -0.15) is 0 Å². The number of rotatable bonds is 4. The fourth-order valence-corrected chi connectivity index (χ4v) is 3.47. The van der Waals surface area contributed by atoms with Gasteiger partial charge >= 0.3 is 0 Å². The fraction of sp³-hybridized carbons (Fsp3) is 0.857. The zero-order valence-corrected chi connectivity index (χ0v) is 14.1. The molecule has 0 aromatic rings. The average Bonchev–Trinajstić information content (AvgIpc) is 3.00. The Hall–Kier alpha value is -0.520. The van der Waals surface area contributed by atoms with Crippen LogP contribution < -0.4 is 5.32 Å². The summed E-state index contributed by atoms with van der Waals surface area (Å²) in [5.41, 5.74) is -0.648. The number of nitrogens with one attached hydrogen (secondary N) is 1. The van der Waals surface area contributed by atoms with Crippen molar-refractivity contribution in [2.75, 3.05) is 39.3 Å². The molecule has 1 saturated carbocycles. The van der Waals surface area contributed by atoms with E-state index >= 15 is 0 Å². The Morgan fingerprint density at radius 2 is 1.86 bits per heavy atom. The molecular weight excluding hydrogens is 313 g/mol. The minimum absolute atomic E-state index is 0.0342. The van der Waals surface area contributed by atoms with Crippen LogP contribution >= 0.6 is 23.2 Å². The van der Waals surface area contributed by atoms with Crippen LogP contribution in [0.1, 0.15) is 26.7 Å². The van der Waals surface area contributed by atoms with Crippen molar-refractivity contribution >= 4 is 35.0 Å². The first-order valence-corrected chi connectivity index (χ1v) is 8.22. The van der Waals surface area contributed by atoms with Gasteiger partial charge in [0.2, 0.25) is 11.8 Å². The second kappa shape index (κ2) is 6.31. The van der Waals surface area contributed by atoms with Crippen LogP contribution in [0, 0.1) is 5.41 Å². The molecule has 0 unspecified atom stereocenters. The first-order chi connectivity index (χ1) is 9.80. The van der Waals surface area contributed by atoms with Crippen molar-refractivity contribution in [3.63, 3.8) is 0 Å². The van der Waals surface area contributed by atoms with Crippen molar-refractivity contribution in [2.45, 2.75) is 31.0 Å². The summed E-state index contributed by atoms with van der Waals surface area (Å²) in [5.74, 6) is 0.0688. The van der Waals surface area contributed by atoms with Crippen LogP contribution in [0.5, 0.6) is 0 Å². The number of carbonyl (C=O) groups is 2. The number of halogens is 2. The van der Waals surface area contributed by atoms with Gasteiger partial charge in [-0.25, -0.2) is 0 Å². The van der Waals surface area contributed by atoms with Crippen molar-refractivity contribution in [3.05, 3.63) is 0 Å². The Morgan fingerprint density at radius 1 is 1.19 bits per heavy atom. The molecule has 1 aliphatic carbocycles. The molecule has 0 bridgehead atoms. The van der Waals surface area contributed by atoms with Gasteiger partial charge in [-0.15, -0.1) is 23.2 Å². The molecule has 2 rings (SSSR count). The Balaban J connectivity index is 1.87. The van der Waals surface area contributed by atoms with Crippen molar-refractivity contribution in [2.24, 2.45) is 5.41 Å². The highest BCUT2D eigenvalue weighted by molar-refractivity contribution is 6.53. The van der Waals surface area contributed by atoms with E-state index in [0.717, 1.165) is 13.0 Å². The largest absolute Gasteiger partial charge is 0.355 e. The maximum atomic E-state index is 12.5. The van der Waals surface area contributed by atoms with E-state index in [2.05, 4.69) is 10.2 Å². The molecule has 0 aromatic heterocycles. The predicted octanol–water partition coefficient (Wildman–Crippen LogP) is 1.24. The monoisotopic (exact) mass is 335 g/mol. The lowest BCUT2D eigenvalue weighted by atomic mass is 10.1. The zero-order valence-electron chi connectivity index (χ0n) is 12.6. The second-order valence-electron chi connectivity index (χ2n) is 6.09. The lowest BCUT2D eigenvalue weighted by Crippen LogP contribution is -2.42. The van der Waals surface area contributed by atoms with Gasteiger partial charge in [0.05, 0.1) is 12.0 Å². The van der Waals surface area contributed by atoms with E-state index in [1.807, 2.05) is 18.7 Å². The lowest BCUT2D eigenvalue weighted by molar-refractivity contribution is -0.136. The second-order valence-corrected chi connectivity index (χ2v) is 7.57. The van der Waals surface area contributed by atoms with E-state index in [1.54, 1.807) is 0 Å². The summed E-state index contributed by atoms with van der Waals surface area (Å²) in [6.45, 7) is 7.61. The number of nitrogens with zero attached hydrogens (tertiary/aromatic N) is 2. The van der Waals surface area contributed by atoms with Gasteiger partial charge in [-0.3, -0.25) is 14.5 Å². The minimum Gasteiger partial charge on any atom is -0.355 e. The molecule has 7 heteroatoms. The number of hydrogen-bond donors (Lipinski definition) is 1. The molecule has 1 aliphatic heterocycles. The first-order valence-electron chi connectivity index (χ1n) is 7.46. The van der Waals surface area contributed by atoms with E-state index in [9.17, 15) is 9.59 Å². The summed E-state index contributed by atoms with van der Waals surface area (Å²) in [4.78, 5) is 28.1. The van der Waals surface area contributed by atoms with Crippen LogP contribution in [0.15, 0.2) is 0 Å². The van der Waals surface area contributed by atoms with Crippen LogP contribution in [0.3, 0.4) is 0 Å². The smallest absolute Gasteiger partial charge is 0.234 e. The molecule has 21 heavy (non-hydrogen) atoms. The summed E-state index contributed by atoms with van der Waals surface area (Å²) in [6.07, 6.45) is 1.37. The molecule has 1 N–H and O–H groups in total.